The fraction of sp³-hybridized carbons (Fsp3) is 0.533. The molecule has 3 aliphatic rings. The lowest BCUT2D eigenvalue weighted by atomic mass is 9.70. The van der Waals surface area contributed by atoms with Gasteiger partial charge in [0, 0.05) is 24.3 Å². The molecule has 1 unspecified atom stereocenters. The Morgan fingerprint density at radius 2 is 2.11 bits per heavy atom. The third-order valence-electron chi connectivity index (χ3n) is 5.05. The van der Waals surface area contributed by atoms with Crippen molar-refractivity contribution in [3.63, 3.8) is 0 Å². The molecular weight excluding hydrogens is 224 g/mol. The summed E-state index contributed by atoms with van der Waals surface area (Å²) in [6.45, 7) is 3.22. The van der Waals surface area contributed by atoms with Gasteiger partial charge in [-0.25, -0.2) is 0 Å². The molecule has 2 heterocycles. The van der Waals surface area contributed by atoms with Gasteiger partial charge in [-0.2, -0.15) is 0 Å². The Labute approximate surface area is 107 Å². The Bertz CT molecular complexity index is 513. The Morgan fingerprint density at radius 1 is 1.28 bits per heavy atom. The second kappa shape index (κ2) is 3.50. The van der Waals surface area contributed by atoms with Gasteiger partial charge in [-0.1, -0.05) is 19.1 Å². The highest BCUT2D eigenvalue weighted by atomic mass is 16.2. The lowest BCUT2D eigenvalue weighted by Crippen LogP contribution is -2.49. The third kappa shape index (κ3) is 1.22. The van der Waals surface area contributed by atoms with Crippen LogP contribution in [-0.4, -0.2) is 29.4 Å². The van der Waals surface area contributed by atoms with Crippen LogP contribution in [0.15, 0.2) is 24.3 Å². The molecular formula is C15H18N2O. The molecule has 18 heavy (non-hydrogen) atoms. The Hall–Kier alpha value is -1.51. The maximum Gasteiger partial charge on any atom is 0.256 e. The molecule has 0 radical (unpaired) electrons. The molecule has 1 amide bonds. The molecule has 1 N–H and O–H groups in total. The molecule has 2 fully saturated rings. The zero-order valence-electron chi connectivity index (χ0n) is 10.6. The lowest BCUT2D eigenvalue weighted by Gasteiger charge is -2.42. The van der Waals surface area contributed by atoms with Crippen LogP contribution in [0.2, 0.25) is 0 Å². The average molecular weight is 242 g/mol. The van der Waals surface area contributed by atoms with E-state index in [-0.39, 0.29) is 5.91 Å². The lowest BCUT2D eigenvalue weighted by molar-refractivity contribution is 0.0459. The number of carbonyl (C=O) groups excluding carboxylic acids is 1. The molecule has 1 saturated heterocycles. The molecule has 94 valence electrons. The van der Waals surface area contributed by atoms with Gasteiger partial charge < -0.3 is 10.2 Å². The van der Waals surface area contributed by atoms with Crippen LogP contribution in [0, 0.1) is 11.8 Å². The van der Waals surface area contributed by atoms with Crippen LogP contribution in [0.4, 0.5) is 5.69 Å². The number of fused-ring (bicyclic) bond motifs is 4. The van der Waals surface area contributed by atoms with Gasteiger partial charge in [0.15, 0.2) is 0 Å². The number of rotatable bonds is 0. The summed E-state index contributed by atoms with van der Waals surface area (Å²) >= 11 is 0. The first kappa shape index (κ1) is 10.4. The Morgan fingerprint density at radius 3 is 2.94 bits per heavy atom. The standard InChI is InChI=1S/C15H18N2O/c1-9-6-14-12(9)7-10-8-16-13-5-3-2-4-11(13)15(18)17(10)14/h2-5,9-10,12,14,16H,6-8H2,1H3/t9-,10+,12?,14+/m1/s1. The number of benzene rings is 1. The van der Waals surface area contributed by atoms with Crippen LogP contribution < -0.4 is 5.32 Å². The van der Waals surface area contributed by atoms with E-state index in [1.807, 2.05) is 24.3 Å². The zero-order chi connectivity index (χ0) is 12.3. The molecule has 1 aliphatic carbocycles. The largest absolute Gasteiger partial charge is 0.382 e. The summed E-state index contributed by atoms with van der Waals surface area (Å²) in [5.41, 5.74) is 1.85. The smallest absolute Gasteiger partial charge is 0.256 e. The number of para-hydroxylation sites is 1. The van der Waals surface area contributed by atoms with Crippen molar-refractivity contribution < 1.29 is 4.79 Å². The van der Waals surface area contributed by atoms with Crippen molar-refractivity contribution in [2.24, 2.45) is 11.8 Å². The molecule has 1 aromatic rings. The number of hydrogen-bond acceptors (Lipinski definition) is 2. The van der Waals surface area contributed by atoms with Crippen molar-refractivity contribution in [1.29, 1.82) is 0 Å². The van der Waals surface area contributed by atoms with Crippen LogP contribution in [-0.2, 0) is 0 Å². The normalized spacial score (nSPS) is 36.9. The van der Waals surface area contributed by atoms with Crippen molar-refractivity contribution in [2.45, 2.75) is 31.8 Å². The van der Waals surface area contributed by atoms with Crippen molar-refractivity contribution in [1.82, 2.24) is 4.90 Å². The summed E-state index contributed by atoms with van der Waals surface area (Å²) in [6, 6.07) is 8.80. The molecule has 4 atom stereocenters. The SMILES string of the molecule is C[C@@H]1C[C@H]2C1C[C@H]1CNc3ccccc3C(=O)N12. The highest BCUT2D eigenvalue weighted by molar-refractivity contribution is 6.00. The first-order valence-electron chi connectivity index (χ1n) is 6.91. The Kier molecular flexibility index (Phi) is 2.02. The summed E-state index contributed by atoms with van der Waals surface area (Å²) in [7, 11) is 0. The molecule has 3 nitrogen and oxygen atoms in total. The van der Waals surface area contributed by atoms with E-state index >= 15 is 0 Å². The summed E-state index contributed by atoms with van der Waals surface area (Å²) < 4.78 is 0. The van der Waals surface area contributed by atoms with Crippen LogP contribution in [0.3, 0.4) is 0 Å². The van der Waals surface area contributed by atoms with Gasteiger partial charge in [-0.15, -0.1) is 0 Å². The molecule has 4 rings (SSSR count). The highest BCUT2D eigenvalue weighted by Crippen LogP contribution is 2.49. The fourth-order valence-electron chi connectivity index (χ4n) is 4.01. The van der Waals surface area contributed by atoms with Crippen LogP contribution >= 0.6 is 0 Å². The van der Waals surface area contributed by atoms with Crippen LogP contribution in [0.1, 0.15) is 30.1 Å². The summed E-state index contributed by atoms with van der Waals surface area (Å²) in [5.74, 6) is 1.77. The predicted octanol–water partition coefficient (Wildman–Crippen LogP) is 2.35. The monoisotopic (exact) mass is 242 g/mol. The summed E-state index contributed by atoms with van der Waals surface area (Å²) in [5, 5.41) is 3.45. The number of amides is 1. The zero-order valence-corrected chi connectivity index (χ0v) is 10.6. The average Bonchev–Trinajstić information content (AvgIpc) is 2.61. The minimum Gasteiger partial charge on any atom is -0.382 e. The second-order valence-corrected chi connectivity index (χ2v) is 5.97. The third-order valence-corrected chi connectivity index (χ3v) is 5.05. The van der Waals surface area contributed by atoms with E-state index in [4.69, 9.17) is 0 Å². The van der Waals surface area contributed by atoms with E-state index in [2.05, 4.69) is 17.1 Å². The molecule has 0 bridgehead atoms. The first-order chi connectivity index (χ1) is 8.75. The number of nitrogens with one attached hydrogen (secondary N) is 1. The first-order valence-corrected chi connectivity index (χ1v) is 6.91. The molecule has 2 aliphatic heterocycles. The van der Waals surface area contributed by atoms with Crippen LogP contribution in [0.5, 0.6) is 0 Å². The van der Waals surface area contributed by atoms with Gasteiger partial charge in [0.25, 0.3) is 5.91 Å². The van der Waals surface area contributed by atoms with E-state index in [0.29, 0.717) is 12.1 Å². The van der Waals surface area contributed by atoms with Gasteiger partial charge in [0.1, 0.15) is 0 Å². The van der Waals surface area contributed by atoms with Crippen molar-refractivity contribution in [2.75, 3.05) is 11.9 Å². The van der Waals surface area contributed by atoms with Crippen molar-refractivity contribution in [3.8, 4) is 0 Å². The van der Waals surface area contributed by atoms with Gasteiger partial charge in [0.2, 0.25) is 0 Å². The highest BCUT2D eigenvalue weighted by Gasteiger charge is 2.53. The summed E-state index contributed by atoms with van der Waals surface area (Å²) in [4.78, 5) is 14.9. The minimum atomic E-state index is 0.236. The van der Waals surface area contributed by atoms with Gasteiger partial charge in [-0.05, 0) is 36.8 Å². The maximum absolute atomic E-state index is 12.7. The quantitative estimate of drug-likeness (QED) is 0.757. The summed E-state index contributed by atoms with van der Waals surface area (Å²) in [6.07, 6.45) is 2.37. The van der Waals surface area contributed by atoms with Crippen molar-refractivity contribution >= 4 is 11.6 Å². The maximum atomic E-state index is 12.7. The van der Waals surface area contributed by atoms with Gasteiger partial charge >= 0.3 is 0 Å². The number of carbonyl (C=O) groups is 1. The molecule has 0 spiro atoms. The van der Waals surface area contributed by atoms with E-state index in [1.165, 1.54) is 12.8 Å². The topological polar surface area (TPSA) is 32.3 Å². The van der Waals surface area contributed by atoms with E-state index in [1.54, 1.807) is 0 Å². The number of nitrogens with zero attached hydrogens (tertiary/aromatic N) is 1. The van der Waals surface area contributed by atoms with Crippen LogP contribution in [0.25, 0.3) is 0 Å². The predicted molar refractivity (Wildman–Crippen MR) is 70.6 cm³/mol. The fourth-order valence-corrected chi connectivity index (χ4v) is 4.01. The number of anilines is 1. The van der Waals surface area contributed by atoms with E-state index < -0.39 is 0 Å². The van der Waals surface area contributed by atoms with Crippen molar-refractivity contribution in [3.05, 3.63) is 29.8 Å². The molecule has 3 heteroatoms. The minimum absolute atomic E-state index is 0.236. The molecule has 0 aromatic heterocycles. The second-order valence-electron chi connectivity index (χ2n) is 5.97. The Balaban J connectivity index is 1.74. The number of hydrogen-bond donors (Lipinski definition) is 1. The molecule has 1 saturated carbocycles. The van der Waals surface area contributed by atoms with Gasteiger partial charge in [0.05, 0.1) is 5.56 Å². The van der Waals surface area contributed by atoms with E-state index in [0.717, 1.165) is 29.6 Å². The van der Waals surface area contributed by atoms with E-state index in [9.17, 15) is 4.79 Å². The molecule has 1 aromatic carbocycles. The van der Waals surface area contributed by atoms with Gasteiger partial charge in [-0.3, -0.25) is 4.79 Å².